The number of allylic oxidation sites excluding steroid dienone is 1. The minimum absolute atomic E-state index is 0.0140. The summed E-state index contributed by atoms with van der Waals surface area (Å²) < 4.78 is 22.3. The molecule has 0 saturated heterocycles. The Morgan fingerprint density at radius 3 is 2.32 bits per heavy atom. The lowest BCUT2D eigenvalue weighted by molar-refractivity contribution is 0.0734. The summed E-state index contributed by atoms with van der Waals surface area (Å²) in [6.07, 6.45) is 0.901. The lowest BCUT2D eigenvalue weighted by atomic mass is 9.83. The molecule has 1 atom stereocenters. The number of benzene rings is 3. The Kier molecular flexibility index (Phi) is 8.12. The van der Waals surface area contributed by atoms with Crippen LogP contribution in [0.15, 0.2) is 66.1 Å². The summed E-state index contributed by atoms with van der Waals surface area (Å²) in [6, 6.07) is 17.4. The Balaban J connectivity index is 1.61. The van der Waals surface area contributed by atoms with Crippen molar-refractivity contribution >= 4 is 29.2 Å². The molecule has 0 radical (unpaired) electrons. The average molecular weight is 539 g/mol. The van der Waals surface area contributed by atoms with E-state index in [2.05, 4.69) is 6.07 Å². The van der Waals surface area contributed by atoms with Crippen LogP contribution in [0.4, 0.5) is 0 Å². The number of hydrogen-bond acceptors (Lipinski definition) is 7. The SMILES string of the molecule is CCCOc1ccc(C2C(C#N)=C(N)Oc3cc(OC(=O)c4cc(Cl)c(OCC)c(Cl)c4)ccc32)cc1. The topological polar surface area (TPSA) is 104 Å². The quantitative estimate of drug-likeness (QED) is 0.254. The monoisotopic (exact) mass is 538 g/mol. The predicted molar refractivity (Wildman–Crippen MR) is 141 cm³/mol. The summed E-state index contributed by atoms with van der Waals surface area (Å²) in [5.41, 5.74) is 8.10. The Labute approximate surface area is 224 Å². The largest absolute Gasteiger partial charge is 0.494 e. The maximum atomic E-state index is 12.8. The van der Waals surface area contributed by atoms with Crippen LogP contribution in [0.1, 0.15) is 47.7 Å². The molecule has 2 N–H and O–H groups in total. The molecule has 0 aromatic heterocycles. The molecule has 0 aliphatic carbocycles. The van der Waals surface area contributed by atoms with Crippen LogP contribution in [-0.2, 0) is 0 Å². The third-order valence-electron chi connectivity index (χ3n) is 5.61. The van der Waals surface area contributed by atoms with E-state index in [4.69, 9.17) is 47.9 Å². The van der Waals surface area contributed by atoms with Crippen molar-refractivity contribution in [2.24, 2.45) is 5.73 Å². The molecule has 3 aromatic rings. The second kappa shape index (κ2) is 11.5. The molecule has 0 amide bonds. The van der Waals surface area contributed by atoms with Gasteiger partial charge in [0.1, 0.15) is 28.9 Å². The molecule has 190 valence electrons. The number of fused-ring (bicyclic) bond motifs is 1. The second-order valence-corrected chi connectivity index (χ2v) is 8.95. The molecule has 1 aliphatic heterocycles. The molecular weight excluding hydrogens is 515 g/mol. The van der Waals surface area contributed by atoms with Crippen molar-refractivity contribution in [3.63, 3.8) is 0 Å². The molecule has 1 unspecified atom stereocenters. The van der Waals surface area contributed by atoms with E-state index < -0.39 is 11.9 Å². The van der Waals surface area contributed by atoms with Crippen LogP contribution < -0.4 is 24.7 Å². The van der Waals surface area contributed by atoms with Gasteiger partial charge in [0, 0.05) is 11.6 Å². The average Bonchev–Trinajstić information content (AvgIpc) is 2.89. The molecule has 0 bridgehead atoms. The third kappa shape index (κ3) is 5.61. The number of rotatable bonds is 8. The molecule has 1 aliphatic rings. The number of carbonyl (C=O) groups excluding carboxylic acids is 1. The van der Waals surface area contributed by atoms with E-state index in [1.54, 1.807) is 25.1 Å². The molecule has 0 fully saturated rings. The van der Waals surface area contributed by atoms with Gasteiger partial charge in [-0.25, -0.2) is 4.79 Å². The van der Waals surface area contributed by atoms with E-state index >= 15 is 0 Å². The fourth-order valence-electron chi connectivity index (χ4n) is 3.94. The van der Waals surface area contributed by atoms with Gasteiger partial charge in [0.25, 0.3) is 0 Å². The summed E-state index contributed by atoms with van der Waals surface area (Å²) >= 11 is 12.4. The van der Waals surface area contributed by atoms with Gasteiger partial charge >= 0.3 is 5.97 Å². The normalized spacial score (nSPS) is 14.3. The summed E-state index contributed by atoms with van der Waals surface area (Å²) in [5.74, 6) is 0.507. The van der Waals surface area contributed by atoms with E-state index in [9.17, 15) is 10.1 Å². The highest BCUT2D eigenvalue weighted by Crippen LogP contribution is 2.44. The number of nitriles is 1. The van der Waals surface area contributed by atoms with E-state index in [1.165, 1.54) is 12.1 Å². The van der Waals surface area contributed by atoms with Crippen LogP contribution >= 0.6 is 23.2 Å². The smallest absolute Gasteiger partial charge is 0.343 e. The first-order valence-corrected chi connectivity index (χ1v) is 12.4. The number of esters is 1. The maximum absolute atomic E-state index is 12.8. The van der Waals surface area contributed by atoms with Crippen molar-refractivity contribution in [2.75, 3.05) is 13.2 Å². The number of halogens is 2. The van der Waals surface area contributed by atoms with E-state index in [0.717, 1.165) is 17.7 Å². The lowest BCUT2D eigenvalue weighted by Gasteiger charge is -2.26. The molecule has 9 heteroatoms. The van der Waals surface area contributed by atoms with Crippen LogP contribution in [-0.4, -0.2) is 19.2 Å². The van der Waals surface area contributed by atoms with Gasteiger partial charge in [-0.2, -0.15) is 5.26 Å². The molecule has 0 spiro atoms. The first-order valence-electron chi connectivity index (χ1n) is 11.6. The summed E-state index contributed by atoms with van der Waals surface area (Å²) in [6.45, 7) is 4.83. The van der Waals surface area contributed by atoms with Gasteiger partial charge in [0.2, 0.25) is 5.88 Å². The molecule has 0 saturated carbocycles. The van der Waals surface area contributed by atoms with Gasteiger partial charge < -0.3 is 24.7 Å². The predicted octanol–water partition coefficient (Wildman–Crippen LogP) is 6.62. The standard InChI is InChI=1S/C28H24Cl2N2O5/c1-3-11-35-18-7-5-16(6-8-18)25-20-10-9-19(14-24(20)37-27(32)21(25)15-31)36-28(33)17-12-22(29)26(34-4-2)23(30)13-17/h5-10,12-14,25H,3-4,11,32H2,1-2H3. The highest BCUT2D eigenvalue weighted by atomic mass is 35.5. The fraction of sp³-hybridized carbons (Fsp3) is 0.214. The van der Waals surface area contributed by atoms with Gasteiger partial charge in [-0.3, -0.25) is 0 Å². The fourth-order valence-corrected chi connectivity index (χ4v) is 4.54. The van der Waals surface area contributed by atoms with Crippen molar-refractivity contribution in [1.29, 1.82) is 5.26 Å². The number of carbonyl (C=O) groups is 1. The van der Waals surface area contributed by atoms with Crippen molar-refractivity contribution in [3.8, 4) is 29.1 Å². The third-order valence-corrected chi connectivity index (χ3v) is 6.17. The summed E-state index contributed by atoms with van der Waals surface area (Å²) in [5, 5.41) is 10.2. The van der Waals surface area contributed by atoms with E-state index in [1.807, 2.05) is 31.2 Å². The van der Waals surface area contributed by atoms with Crippen LogP contribution in [0, 0.1) is 11.3 Å². The lowest BCUT2D eigenvalue weighted by Crippen LogP contribution is -2.21. The van der Waals surface area contributed by atoms with Crippen LogP contribution in [0.5, 0.6) is 23.0 Å². The highest BCUT2D eigenvalue weighted by molar-refractivity contribution is 6.37. The Morgan fingerprint density at radius 2 is 1.70 bits per heavy atom. The summed E-state index contributed by atoms with van der Waals surface area (Å²) in [4.78, 5) is 12.8. The first-order chi connectivity index (χ1) is 17.9. The highest BCUT2D eigenvalue weighted by Gasteiger charge is 2.31. The Bertz CT molecular complexity index is 1370. The Morgan fingerprint density at radius 1 is 1.03 bits per heavy atom. The molecule has 7 nitrogen and oxygen atoms in total. The van der Waals surface area contributed by atoms with Gasteiger partial charge in [0.15, 0.2) is 5.75 Å². The Hall–Kier alpha value is -3.86. The molecular formula is C28H24Cl2N2O5. The zero-order valence-electron chi connectivity index (χ0n) is 20.2. The minimum Gasteiger partial charge on any atom is -0.494 e. The maximum Gasteiger partial charge on any atom is 0.343 e. The van der Waals surface area contributed by atoms with Crippen molar-refractivity contribution in [3.05, 3.63) is 92.8 Å². The second-order valence-electron chi connectivity index (χ2n) is 8.13. The van der Waals surface area contributed by atoms with Gasteiger partial charge in [0.05, 0.1) is 34.7 Å². The first kappa shape index (κ1) is 26.2. The van der Waals surface area contributed by atoms with Crippen LogP contribution in [0.3, 0.4) is 0 Å². The summed E-state index contributed by atoms with van der Waals surface area (Å²) in [7, 11) is 0. The molecule has 37 heavy (non-hydrogen) atoms. The van der Waals surface area contributed by atoms with Gasteiger partial charge in [-0.05, 0) is 49.2 Å². The van der Waals surface area contributed by atoms with Gasteiger partial charge in [-0.1, -0.05) is 48.3 Å². The zero-order chi connectivity index (χ0) is 26.5. The molecule has 4 rings (SSSR count). The number of nitrogens with zero attached hydrogens (tertiary/aromatic N) is 1. The number of nitrogens with two attached hydrogens (primary N) is 1. The van der Waals surface area contributed by atoms with Crippen molar-refractivity contribution in [1.82, 2.24) is 0 Å². The zero-order valence-corrected chi connectivity index (χ0v) is 21.7. The minimum atomic E-state index is -0.664. The number of ether oxygens (including phenoxy) is 4. The van der Waals surface area contributed by atoms with Crippen LogP contribution in [0.2, 0.25) is 10.0 Å². The molecule has 1 heterocycles. The van der Waals surface area contributed by atoms with Gasteiger partial charge in [-0.15, -0.1) is 0 Å². The van der Waals surface area contributed by atoms with E-state index in [-0.39, 0.29) is 32.8 Å². The van der Waals surface area contributed by atoms with Crippen molar-refractivity contribution < 1.29 is 23.7 Å². The van der Waals surface area contributed by atoms with Crippen molar-refractivity contribution in [2.45, 2.75) is 26.2 Å². The molecule has 3 aromatic carbocycles. The van der Waals surface area contributed by atoms with E-state index in [0.29, 0.717) is 30.3 Å². The number of hydrogen-bond donors (Lipinski definition) is 1. The van der Waals surface area contributed by atoms with Crippen LogP contribution in [0.25, 0.3) is 0 Å².